The van der Waals surface area contributed by atoms with Crippen LogP contribution in [0, 0.1) is 0 Å². The van der Waals surface area contributed by atoms with Crippen LogP contribution in [0.4, 0.5) is 0 Å². The van der Waals surface area contributed by atoms with Crippen molar-refractivity contribution in [1.29, 1.82) is 0 Å². The number of rotatable bonds is 5. The van der Waals surface area contributed by atoms with Crippen molar-refractivity contribution < 1.29 is 9.53 Å². The maximum Gasteiger partial charge on any atom is 0.307 e. The van der Waals surface area contributed by atoms with Crippen molar-refractivity contribution in [3.05, 3.63) is 22.4 Å². The van der Waals surface area contributed by atoms with Gasteiger partial charge in [0.25, 0.3) is 0 Å². The average Bonchev–Trinajstić information content (AvgIpc) is 2.66. The Morgan fingerprint density at radius 2 is 2.24 bits per heavy atom. The molecule has 4 heteroatoms. The van der Waals surface area contributed by atoms with Crippen molar-refractivity contribution in [2.24, 2.45) is 0 Å². The monoisotopic (exact) mass is 255 g/mol. The molecule has 0 unspecified atom stereocenters. The summed E-state index contributed by atoms with van der Waals surface area (Å²) in [7, 11) is 0. The molecule has 0 amide bonds. The molecule has 1 heterocycles. The highest BCUT2D eigenvalue weighted by molar-refractivity contribution is 7.10. The predicted octanol–water partition coefficient (Wildman–Crippen LogP) is 3.13. The molecule has 1 aromatic rings. The molecule has 0 bridgehead atoms. The highest BCUT2D eigenvalue weighted by atomic mass is 32.1. The van der Waals surface area contributed by atoms with Gasteiger partial charge in [-0.2, -0.15) is 0 Å². The molecule has 1 aromatic heterocycles. The summed E-state index contributed by atoms with van der Waals surface area (Å²) in [4.78, 5) is 12.8. The van der Waals surface area contributed by atoms with Crippen LogP contribution in [0.15, 0.2) is 17.5 Å². The minimum Gasteiger partial charge on any atom is -0.460 e. The standard InChI is InChI=1S/C13H21NO2S/c1-10(11-6-5-9-17-11)14-8-7-12(15)16-13(2,3)4/h5-6,9-10,14H,7-8H2,1-4H3/t10-/m1/s1. The van der Waals surface area contributed by atoms with E-state index in [1.807, 2.05) is 26.8 Å². The molecule has 1 atom stereocenters. The van der Waals surface area contributed by atoms with E-state index in [0.717, 1.165) is 0 Å². The summed E-state index contributed by atoms with van der Waals surface area (Å²) < 4.78 is 5.23. The lowest BCUT2D eigenvalue weighted by molar-refractivity contribution is -0.154. The normalized spacial score (nSPS) is 13.4. The second-order valence-electron chi connectivity index (χ2n) is 5.03. The summed E-state index contributed by atoms with van der Waals surface area (Å²) in [5.41, 5.74) is -0.392. The van der Waals surface area contributed by atoms with E-state index < -0.39 is 5.60 Å². The largest absolute Gasteiger partial charge is 0.460 e. The first-order valence-electron chi connectivity index (χ1n) is 5.87. The van der Waals surface area contributed by atoms with Gasteiger partial charge in [0.05, 0.1) is 6.42 Å². The zero-order chi connectivity index (χ0) is 12.9. The van der Waals surface area contributed by atoms with Gasteiger partial charge >= 0.3 is 5.97 Å². The molecule has 96 valence electrons. The second kappa shape index (κ2) is 6.17. The van der Waals surface area contributed by atoms with Gasteiger partial charge in [-0.15, -0.1) is 11.3 Å². The summed E-state index contributed by atoms with van der Waals surface area (Å²) in [5, 5.41) is 5.37. The molecule has 1 N–H and O–H groups in total. The van der Waals surface area contributed by atoms with Gasteiger partial charge in [0, 0.05) is 17.5 Å². The number of hydrogen-bond acceptors (Lipinski definition) is 4. The van der Waals surface area contributed by atoms with Gasteiger partial charge in [-0.05, 0) is 39.1 Å². The summed E-state index contributed by atoms with van der Waals surface area (Å²) in [6.07, 6.45) is 0.410. The third-order valence-electron chi connectivity index (χ3n) is 2.17. The van der Waals surface area contributed by atoms with Crippen molar-refractivity contribution >= 4 is 17.3 Å². The molecule has 1 rings (SSSR count). The van der Waals surface area contributed by atoms with E-state index in [1.165, 1.54) is 4.88 Å². The van der Waals surface area contributed by atoms with Crippen LogP contribution in [0.25, 0.3) is 0 Å². The highest BCUT2D eigenvalue weighted by Crippen LogP contribution is 2.17. The molecule has 0 radical (unpaired) electrons. The van der Waals surface area contributed by atoms with Crippen molar-refractivity contribution in [2.45, 2.75) is 45.8 Å². The fourth-order valence-corrected chi connectivity index (χ4v) is 2.18. The van der Waals surface area contributed by atoms with Gasteiger partial charge < -0.3 is 10.1 Å². The third-order valence-corrected chi connectivity index (χ3v) is 3.22. The van der Waals surface area contributed by atoms with Gasteiger partial charge in [0.1, 0.15) is 5.60 Å². The molecule has 0 saturated heterocycles. The number of esters is 1. The lowest BCUT2D eigenvalue weighted by Gasteiger charge is -2.20. The number of hydrogen-bond donors (Lipinski definition) is 1. The summed E-state index contributed by atoms with van der Waals surface area (Å²) >= 11 is 1.72. The number of nitrogens with one attached hydrogen (secondary N) is 1. The Hall–Kier alpha value is -0.870. The van der Waals surface area contributed by atoms with E-state index in [9.17, 15) is 4.79 Å². The van der Waals surface area contributed by atoms with Crippen LogP contribution >= 0.6 is 11.3 Å². The van der Waals surface area contributed by atoms with Gasteiger partial charge in [-0.1, -0.05) is 6.07 Å². The third kappa shape index (κ3) is 5.84. The predicted molar refractivity (Wildman–Crippen MR) is 71.2 cm³/mol. The Labute approximate surface area is 107 Å². The van der Waals surface area contributed by atoms with E-state index in [2.05, 4.69) is 23.7 Å². The van der Waals surface area contributed by atoms with E-state index in [-0.39, 0.29) is 12.0 Å². The highest BCUT2D eigenvalue weighted by Gasteiger charge is 2.16. The van der Waals surface area contributed by atoms with Crippen LogP contribution in [-0.2, 0) is 9.53 Å². The first-order valence-corrected chi connectivity index (χ1v) is 6.75. The van der Waals surface area contributed by atoms with Gasteiger partial charge in [0.2, 0.25) is 0 Å². The Balaban J connectivity index is 2.22. The molecule has 17 heavy (non-hydrogen) atoms. The van der Waals surface area contributed by atoms with Crippen LogP contribution in [0.3, 0.4) is 0 Å². The Bertz CT molecular complexity index is 341. The molecular formula is C13H21NO2S. The smallest absolute Gasteiger partial charge is 0.307 e. The zero-order valence-electron chi connectivity index (χ0n) is 10.9. The second-order valence-corrected chi connectivity index (χ2v) is 6.01. The van der Waals surface area contributed by atoms with E-state index in [0.29, 0.717) is 13.0 Å². The van der Waals surface area contributed by atoms with Crippen molar-refractivity contribution in [3.8, 4) is 0 Å². The lowest BCUT2D eigenvalue weighted by atomic mass is 10.2. The van der Waals surface area contributed by atoms with Crippen molar-refractivity contribution in [3.63, 3.8) is 0 Å². The minimum atomic E-state index is -0.392. The SMILES string of the molecule is C[C@@H](NCCC(=O)OC(C)(C)C)c1cccs1. The van der Waals surface area contributed by atoms with Crippen LogP contribution in [-0.4, -0.2) is 18.1 Å². The first kappa shape index (κ1) is 14.2. The zero-order valence-corrected chi connectivity index (χ0v) is 11.8. The Morgan fingerprint density at radius 1 is 1.53 bits per heavy atom. The molecule has 0 spiro atoms. The Kier molecular flexibility index (Phi) is 5.15. The lowest BCUT2D eigenvalue weighted by Crippen LogP contribution is -2.27. The minimum absolute atomic E-state index is 0.150. The van der Waals surface area contributed by atoms with Gasteiger partial charge in [-0.3, -0.25) is 4.79 Å². The topological polar surface area (TPSA) is 38.3 Å². The number of carbonyl (C=O) groups is 1. The quantitative estimate of drug-likeness (QED) is 0.821. The maximum absolute atomic E-state index is 11.5. The molecule has 0 aliphatic heterocycles. The van der Waals surface area contributed by atoms with Crippen molar-refractivity contribution in [1.82, 2.24) is 5.32 Å². The molecule has 0 fully saturated rings. The van der Waals surface area contributed by atoms with Crippen LogP contribution < -0.4 is 5.32 Å². The number of carbonyl (C=O) groups excluding carboxylic acids is 1. The first-order chi connectivity index (χ1) is 7.88. The van der Waals surface area contributed by atoms with E-state index >= 15 is 0 Å². The fraction of sp³-hybridized carbons (Fsp3) is 0.615. The van der Waals surface area contributed by atoms with E-state index in [1.54, 1.807) is 11.3 Å². The van der Waals surface area contributed by atoms with Crippen LogP contribution in [0.5, 0.6) is 0 Å². The molecular weight excluding hydrogens is 234 g/mol. The number of ether oxygens (including phenoxy) is 1. The van der Waals surface area contributed by atoms with Crippen LogP contribution in [0.1, 0.15) is 45.0 Å². The van der Waals surface area contributed by atoms with Crippen LogP contribution in [0.2, 0.25) is 0 Å². The molecule has 0 aromatic carbocycles. The summed E-state index contributed by atoms with van der Waals surface area (Å²) in [6, 6.07) is 4.42. The molecule has 0 saturated carbocycles. The van der Waals surface area contributed by atoms with Gasteiger partial charge in [0.15, 0.2) is 0 Å². The van der Waals surface area contributed by atoms with Crippen molar-refractivity contribution in [2.75, 3.05) is 6.54 Å². The molecule has 0 aliphatic carbocycles. The summed E-state index contributed by atoms with van der Waals surface area (Å²) in [6.45, 7) is 8.39. The molecule has 0 aliphatic rings. The van der Waals surface area contributed by atoms with Gasteiger partial charge in [-0.25, -0.2) is 0 Å². The average molecular weight is 255 g/mol. The summed E-state index contributed by atoms with van der Waals surface area (Å²) in [5.74, 6) is -0.150. The maximum atomic E-state index is 11.5. The molecule has 3 nitrogen and oxygen atoms in total. The Morgan fingerprint density at radius 3 is 2.76 bits per heavy atom. The van der Waals surface area contributed by atoms with E-state index in [4.69, 9.17) is 4.74 Å². The fourth-order valence-electron chi connectivity index (χ4n) is 1.42. The number of thiophene rings is 1.